The highest BCUT2D eigenvalue weighted by atomic mass is 35.5. The highest BCUT2D eigenvalue weighted by Crippen LogP contribution is 2.23. The number of hydrogen-bond donors (Lipinski definition) is 2. The SMILES string of the molecule is OB(O)c1c(Cl)nc2ccccc2c1Cl. The first-order valence-electron chi connectivity index (χ1n) is 4.21. The molecule has 0 aliphatic rings. The first kappa shape index (κ1) is 10.7. The number of para-hydroxylation sites is 1. The molecule has 1 aromatic heterocycles. The summed E-state index contributed by atoms with van der Waals surface area (Å²) in [4.78, 5) is 4.02. The molecule has 0 radical (unpaired) electrons. The van der Waals surface area contributed by atoms with E-state index in [0.29, 0.717) is 10.9 Å². The Labute approximate surface area is 96.4 Å². The van der Waals surface area contributed by atoms with Crippen LogP contribution < -0.4 is 5.46 Å². The summed E-state index contributed by atoms with van der Waals surface area (Å²) in [5.41, 5.74) is 0.661. The van der Waals surface area contributed by atoms with Crippen molar-refractivity contribution in [3.05, 3.63) is 34.4 Å². The minimum atomic E-state index is -1.72. The number of nitrogens with zero attached hydrogens (tertiary/aromatic N) is 1. The van der Waals surface area contributed by atoms with Gasteiger partial charge in [-0.2, -0.15) is 0 Å². The maximum Gasteiger partial charge on any atom is 0.493 e. The molecular formula is C9H6BCl2NO2. The molecule has 0 saturated carbocycles. The first-order chi connectivity index (χ1) is 7.11. The lowest BCUT2D eigenvalue weighted by molar-refractivity contribution is 0.426. The third-order valence-corrected chi connectivity index (χ3v) is 2.77. The van der Waals surface area contributed by atoms with Crippen LogP contribution in [0.2, 0.25) is 10.2 Å². The largest absolute Gasteiger partial charge is 0.493 e. The summed E-state index contributed by atoms with van der Waals surface area (Å²) in [6.07, 6.45) is 0. The second-order valence-corrected chi connectivity index (χ2v) is 3.76. The highest BCUT2D eigenvalue weighted by molar-refractivity contribution is 6.67. The Bertz CT molecular complexity index is 519. The van der Waals surface area contributed by atoms with E-state index in [1.165, 1.54) is 0 Å². The van der Waals surface area contributed by atoms with E-state index in [0.717, 1.165) is 0 Å². The molecule has 0 spiro atoms. The van der Waals surface area contributed by atoms with E-state index < -0.39 is 7.12 Å². The molecule has 15 heavy (non-hydrogen) atoms. The summed E-state index contributed by atoms with van der Waals surface area (Å²) < 4.78 is 0. The molecule has 1 aromatic carbocycles. The van der Waals surface area contributed by atoms with Gasteiger partial charge in [0.2, 0.25) is 0 Å². The van der Waals surface area contributed by atoms with Gasteiger partial charge < -0.3 is 10.0 Å². The molecule has 0 unspecified atom stereocenters. The molecule has 0 fully saturated rings. The zero-order valence-electron chi connectivity index (χ0n) is 7.48. The predicted octanol–water partition coefficient (Wildman–Crippen LogP) is 1.22. The van der Waals surface area contributed by atoms with E-state index in [1.54, 1.807) is 24.3 Å². The third-order valence-electron chi connectivity index (χ3n) is 2.08. The first-order valence-corrected chi connectivity index (χ1v) is 4.96. The molecule has 0 atom stereocenters. The van der Waals surface area contributed by atoms with Crippen molar-refractivity contribution >= 4 is 46.7 Å². The Morgan fingerprint density at radius 1 is 1.13 bits per heavy atom. The molecule has 0 amide bonds. The normalized spacial score (nSPS) is 10.7. The monoisotopic (exact) mass is 241 g/mol. The number of hydrogen-bond acceptors (Lipinski definition) is 3. The van der Waals surface area contributed by atoms with E-state index in [1.807, 2.05) is 0 Å². The number of rotatable bonds is 1. The fourth-order valence-electron chi connectivity index (χ4n) is 1.38. The lowest BCUT2D eigenvalue weighted by atomic mass is 9.81. The smallest absolute Gasteiger partial charge is 0.423 e. The van der Waals surface area contributed by atoms with Gasteiger partial charge >= 0.3 is 7.12 Å². The van der Waals surface area contributed by atoms with Crippen LogP contribution >= 0.6 is 23.2 Å². The standard InChI is InChI=1S/C9H6BCl2NO2/c11-8-5-3-1-2-4-6(5)13-9(12)7(8)10(14)15/h1-4,14-15H. The second-order valence-electron chi connectivity index (χ2n) is 3.02. The maximum absolute atomic E-state index is 9.09. The van der Waals surface area contributed by atoms with E-state index in [2.05, 4.69) is 4.98 Å². The van der Waals surface area contributed by atoms with Crippen LogP contribution in [0.25, 0.3) is 10.9 Å². The van der Waals surface area contributed by atoms with Crippen LogP contribution in [0.3, 0.4) is 0 Å². The number of aromatic nitrogens is 1. The van der Waals surface area contributed by atoms with Gasteiger partial charge in [0.15, 0.2) is 0 Å². The third kappa shape index (κ3) is 1.81. The predicted molar refractivity (Wildman–Crippen MR) is 61.6 cm³/mol. The topological polar surface area (TPSA) is 53.4 Å². The molecule has 0 saturated heterocycles. The Morgan fingerprint density at radius 3 is 2.47 bits per heavy atom. The van der Waals surface area contributed by atoms with Crippen molar-refractivity contribution in [2.45, 2.75) is 0 Å². The van der Waals surface area contributed by atoms with Gasteiger partial charge in [0.25, 0.3) is 0 Å². The van der Waals surface area contributed by atoms with Crippen molar-refractivity contribution in [2.24, 2.45) is 0 Å². The number of pyridine rings is 1. The molecule has 0 bridgehead atoms. The molecule has 0 aliphatic heterocycles. The molecule has 6 heteroatoms. The van der Waals surface area contributed by atoms with E-state index in [9.17, 15) is 0 Å². The van der Waals surface area contributed by atoms with Crippen LogP contribution in [0.1, 0.15) is 0 Å². The molecule has 2 aromatic rings. The van der Waals surface area contributed by atoms with Crippen LogP contribution in [0.4, 0.5) is 0 Å². The minimum Gasteiger partial charge on any atom is -0.423 e. The van der Waals surface area contributed by atoms with Crippen molar-refractivity contribution in [2.75, 3.05) is 0 Å². The van der Waals surface area contributed by atoms with Crippen molar-refractivity contribution in [1.82, 2.24) is 4.98 Å². The zero-order valence-corrected chi connectivity index (χ0v) is 9.00. The Kier molecular flexibility index (Phi) is 2.84. The van der Waals surface area contributed by atoms with Crippen LogP contribution in [-0.2, 0) is 0 Å². The average Bonchev–Trinajstić information content (AvgIpc) is 2.17. The van der Waals surface area contributed by atoms with E-state index >= 15 is 0 Å². The van der Waals surface area contributed by atoms with Gasteiger partial charge in [-0.05, 0) is 6.07 Å². The van der Waals surface area contributed by atoms with Crippen LogP contribution in [0.15, 0.2) is 24.3 Å². The summed E-state index contributed by atoms with van der Waals surface area (Å²) in [7, 11) is -1.72. The summed E-state index contributed by atoms with van der Waals surface area (Å²) in [5, 5.41) is 19.1. The van der Waals surface area contributed by atoms with Crippen LogP contribution in [0, 0.1) is 0 Å². The molecule has 1 heterocycles. The van der Waals surface area contributed by atoms with Crippen molar-refractivity contribution < 1.29 is 10.0 Å². The lowest BCUT2D eigenvalue weighted by Crippen LogP contribution is -2.32. The maximum atomic E-state index is 9.09. The number of benzene rings is 1. The van der Waals surface area contributed by atoms with Gasteiger partial charge in [-0.1, -0.05) is 41.4 Å². The summed E-state index contributed by atoms with van der Waals surface area (Å²) in [6.45, 7) is 0. The summed E-state index contributed by atoms with van der Waals surface area (Å²) in [5.74, 6) is 0. The van der Waals surface area contributed by atoms with Gasteiger partial charge in [0.1, 0.15) is 5.15 Å². The molecule has 3 nitrogen and oxygen atoms in total. The lowest BCUT2D eigenvalue weighted by Gasteiger charge is -2.08. The van der Waals surface area contributed by atoms with Gasteiger partial charge in [0, 0.05) is 10.8 Å². The zero-order chi connectivity index (χ0) is 11.0. The Morgan fingerprint density at radius 2 is 1.80 bits per heavy atom. The molecule has 76 valence electrons. The van der Waals surface area contributed by atoms with Gasteiger partial charge in [-0.15, -0.1) is 0 Å². The van der Waals surface area contributed by atoms with Gasteiger partial charge in [-0.25, -0.2) is 4.98 Å². The molecule has 2 rings (SSSR count). The molecular weight excluding hydrogens is 236 g/mol. The molecule has 0 aliphatic carbocycles. The highest BCUT2D eigenvalue weighted by Gasteiger charge is 2.22. The Balaban J connectivity index is 2.84. The van der Waals surface area contributed by atoms with Crippen molar-refractivity contribution in [3.8, 4) is 0 Å². The second kappa shape index (κ2) is 3.98. The van der Waals surface area contributed by atoms with Crippen LogP contribution in [0.5, 0.6) is 0 Å². The fraction of sp³-hybridized carbons (Fsp3) is 0. The van der Waals surface area contributed by atoms with Crippen molar-refractivity contribution in [3.63, 3.8) is 0 Å². The van der Waals surface area contributed by atoms with E-state index in [4.69, 9.17) is 33.2 Å². The molecule has 2 N–H and O–H groups in total. The van der Waals surface area contributed by atoms with Gasteiger partial charge in [0.05, 0.1) is 10.5 Å². The van der Waals surface area contributed by atoms with Gasteiger partial charge in [-0.3, -0.25) is 0 Å². The minimum absolute atomic E-state index is 0.00806. The fourth-order valence-corrected chi connectivity index (χ4v) is 2.06. The number of fused-ring (bicyclic) bond motifs is 1. The Hall–Kier alpha value is -0.805. The quantitative estimate of drug-likeness (QED) is 0.583. The van der Waals surface area contributed by atoms with Crippen LogP contribution in [-0.4, -0.2) is 22.2 Å². The number of halogens is 2. The average molecular weight is 242 g/mol. The summed E-state index contributed by atoms with van der Waals surface area (Å²) in [6, 6.07) is 7.09. The summed E-state index contributed by atoms with van der Waals surface area (Å²) >= 11 is 11.8. The van der Waals surface area contributed by atoms with Crippen molar-refractivity contribution in [1.29, 1.82) is 0 Å². The van der Waals surface area contributed by atoms with E-state index in [-0.39, 0.29) is 15.6 Å².